The minimum Gasteiger partial charge on any atom is -0.494 e. The Kier molecular flexibility index (Phi) is 7.16. The first-order valence-corrected chi connectivity index (χ1v) is 9.48. The predicted molar refractivity (Wildman–Crippen MR) is 107 cm³/mol. The molecule has 0 aliphatic heterocycles. The van der Waals surface area contributed by atoms with E-state index in [4.69, 9.17) is 0 Å². The Morgan fingerprint density at radius 3 is 2.46 bits per heavy atom. The molecule has 0 bridgehead atoms. The van der Waals surface area contributed by atoms with Crippen molar-refractivity contribution in [3.8, 4) is 5.88 Å². The minimum atomic E-state index is -0.747. The second-order valence-corrected chi connectivity index (χ2v) is 6.90. The first kappa shape index (κ1) is 21.4. The summed E-state index contributed by atoms with van der Waals surface area (Å²) in [5.41, 5.74) is -1.32. The molecular weight excluding hydrogens is 387 g/mol. The Morgan fingerprint density at radius 2 is 1.86 bits per heavy atom. The van der Waals surface area contributed by atoms with Crippen molar-refractivity contribution in [3.63, 3.8) is 0 Å². The van der Waals surface area contributed by atoms with Crippen LogP contribution in [-0.2, 0) is 18.9 Å². The average Bonchev–Trinajstić information content (AvgIpc) is 2.68. The topological polar surface area (TPSA) is 106 Å². The lowest BCUT2D eigenvalue weighted by Crippen LogP contribution is -2.39. The number of halogens is 1. The van der Waals surface area contributed by atoms with E-state index in [-0.39, 0.29) is 22.3 Å². The van der Waals surface area contributed by atoms with Crippen LogP contribution in [0.25, 0.3) is 0 Å². The van der Waals surface area contributed by atoms with E-state index in [0.29, 0.717) is 12.2 Å². The lowest BCUT2D eigenvalue weighted by molar-refractivity contribution is -0.118. The van der Waals surface area contributed by atoms with Crippen molar-refractivity contribution in [2.24, 2.45) is 19.1 Å². The summed E-state index contributed by atoms with van der Waals surface area (Å²) in [4.78, 5) is 40.8. The van der Waals surface area contributed by atoms with Crippen LogP contribution in [0.3, 0.4) is 0 Å². The summed E-state index contributed by atoms with van der Waals surface area (Å²) in [5, 5.41) is 13.1. The quantitative estimate of drug-likeness (QED) is 0.553. The maximum Gasteiger partial charge on any atom is 0.333 e. The van der Waals surface area contributed by atoms with Crippen molar-refractivity contribution in [1.29, 1.82) is 0 Å². The molecule has 150 valence electrons. The molecule has 0 atom stereocenters. The molecule has 8 nitrogen and oxygen atoms in total. The van der Waals surface area contributed by atoms with Gasteiger partial charge in [0.05, 0.1) is 11.4 Å². The molecule has 0 radical (unpaired) electrons. The van der Waals surface area contributed by atoms with Crippen molar-refractivity contribution in [1.82, 2.24) is 14.5 Å². The molecular formula is C18H21FN4O4S. The zero-order valence-electron chi connectivity index (χ0n) is 15.7. The van der Waals surface area contributed by atoms with Crippen molar-refractivity contribution in [2.45, 2.75) is 13.3 Å². The number of rotatable bonds is 6. The Balaban J connectivity index is 2.53. The third-order valence-corrected chi connectivity index (χ3v) is 4.79. The van der Waals surface area contributed by atoms with E-state index in [0.717, 1.165) is 27.3 Å². The summed E-state index contributed by atoms with van der Waals surface area (Å²) in [6.07, 6.45) is 0.773. The highest BCUT2D eigenvalue weighted by atomic mass is 32.2. The second-order valence-electron chi connectivity index (χ2n) is 5.94. The number of aromatic hydroxyl groups is 1. The van der Waals surface area contributed by atoms with E-state index in [2.05, 4.69) is 10.3 Å². The molecule has 1 amide bonds. The molecule has 1 aromatic heterocycles. The molecule has 0 fully saturated rings. The number of carbonyl (C=O) groups is 1. The van der Waals surface area contributed by atoms with Crippen molar-refractivity contribution >= 4 is 28.4 Å². The molecule has 0 saturated carbocycles. The van der Waals surface area contributed by atoms with Crippen LogP contribution in [0.15, 0.2) is 38.8 Å². The number of hydrogen-bond acceptors (Lipinski definition) is 6. The van der Waals surface area contributed by atoms with E-state index < -0.39 is 22.9 Å². The van der Waals surface area contributed by atoms with Gasteiger partial charge in [-0.3, -0.25) is 18.7 Å². The summed E-state index contributed by atoms with van der Waals surface area (Å²) >= 11 is 0.939. The van der Waals surface area contributed by atoms with Crippen LogP contribution in [0.1, 0.15) is 18.9 Å². The van der Waals surface area contributed by atoms with E-state index in [1.807, 2.05) is 6.92 Å². The average molecular weight is 408 g/mol. The molecule has 0 aliphatic rings. The summed E-state index contributed by atoms with van der Waals surface area (Å²) in [6, 6.07) is 5.20. The van der Waals surface area contributed by atoms with Crippen molar-refractivity contribution in [3.05, 3.63) is 56.5 Å². The fourth-order valence-corrected chi connectivity index (χ4v) is 3.13. The van der Waals surface area contributed by atoms with Gasteiger partial charge in [0.1, 0.15) is 16.4 Å². The van der Waals surface area contributed by atoms with E-state index in [1.54, 1.807) is 0 Å². The molecule has 28 heavy (non-hydrogen) atoms. The molecule has 0 saturated heterocycles. The summed E-state index contributed by atoms with van der Waals surface area (Å²) in [5.74, 6) is -1.32. The summed E-state index contributed by atoms with van der Waals surface area (Å²) in [7, 11) is 2.59. The molecule has 2 aromatic rings. The van der Waals surface area contributed by atoms with Gasteiger partial charge in [0.25, 0.3) is 5.56 Å². The maximum absolute atomic E-state index is 13.2. The number of aromatic nitrogens is 2. The second kappa shape index (κ2) is 9.36. The molecule has 0 spiro atoms. The summed E-state index contributed by atoms with van der Waals surface area (Å²) in [6.45, 7) is 2.43. The molecule has 0 aliphatic carbocycles. The molecule has 0 unspecified atom stereocenters. The van der Waals surface area contributed by atoms with Gasteiger partial charge in [-0.2, -0.15) is 0 Å². The SMILES string of the molecule is CCCNC(=O)CSC(=Nc1ccc(F)cc1)c1c(O)n(C)c(=O)n(C)c1=O. The van der Waals surface area contributed by atoms with Crippen molar-refractivity contribution in [2.75, 3.05) is 12.3 Å². The number of aliphatic imine (C=N–C) groups is 1. The smallest absolute Gasteiger partial charge is 0.333 e. The Labute approximate surface area is 164 Å². The van der Waals surface area contributed by atoms with Gasteiger partial charge in [-0.1, -0.05) is 18.7 Å². The number of nitrogens with one attached hydrogen (secondary N) is 1. The number of nitrogens with zero attached hydrogens (tertiary/aromatic N) is 3. The maximum atomic E-state index is 13.2. The van der Waals surface area contributed by atoms with Crippen LogP contribution < -0.4 is 16.6 Å². The molecule has 10 heteroatoms. The third kappa shape index (κ3) is 4.89. The zero-order valence-corrected chi connectivity index (χ0v) is 16.5. The van der Waals surface area contributed by atoms with Crippen molar-refractivity contribution < 1.29 is 14.3 Å². The van der Waals surface area contributed by atoms with Gasteiger partial charge >= 0.3 is 5.69 Å². The van der Waals surface area contributed by atoms with Gasteiger partial charge in [-0.25, -0.2) is 14.2 Å². The fraction of sp³-hybridized carbons (Fsp3) is 0.333. The van der Waals surface area contributed by atoms with Crippen LogP contribution in [0.5, 0.6) is 5.88 Å². The number of benzene rings is 1. The zero-order chi connectivity index (χ0) is 20.8. The molecule has 2 rings (SSSR count). The molecule has 2 N–H and O–H groups in total. The Morgan fingerprint density at radius 1 is 1.21 bits per heavy atom. The van der Waals surface area contributed by atoms with Gasteiger partial charge in [-0.15, -0.1) is 0 Å². The monoisotopic (exact) mass is 408 g/mol. The first-order chi connectivity index (χ1) is 13.3. The minimum absolute atomic E-state index is 0.0481. The van der Waals surface area contributed by atoms with Crippen LogP contribution in [-0.4, -0.2) is 37.5 Å². The van der Waals surface area contributed by atoms with E-state index in [9.17, 15) is 23.9 Å². The largest absolute Gasteiger partial charge is 0.494 e. The normalized spacial score (nSPS) is 11.5. The highest BCUT2D eigenvalue weighted by Gasteiger charge is 2.21. The van der Waals surface area contributed by atoms with Gasteiger partial charge in [0, 0.05) is 20.6 Å². The third-order valence-electron chi connectivity index (χ3n) is 3.82. The number of hydrogen-bond donors (Lipinski definition) is 2. The standard InChI is InChI=1S/C18H21FN4O4S/c1-4-9-20-13(24)10-28-15(21-12-7-5-11(19)6-8-12)14-16(25)22(2)18(27)23(3)17(14)26/h5-8,25H,4,9-10H2,1-3H3,(H,20,24). The number of carbonyl (C=O) groups excluding carboxylic acids is 1. The van der Waals surface area contributed by atoms with Crippen LogP contribution >= 0.6 is 11.8 Å². The van der Waals surface area contributed by atoms with Gasteiger partial charge in [0.15, 0.2) is 0 Å². The summed E-state index contributed by atoms with van der Waals surface area (Å²) < 4.78 is 14.9. The van der Waals surface area contributed by atoms with E-state index >= 15 is 0 Å². The molecule has 1 aromatic carbocycles. The highest BCUT2D eigenvalue weighted by Crippen LogP contribution is 2.23. The van der Waals surface area contributed by atoms with Crippen LogP contribution in [0.4, 0.5) is 10.1 Å². The lowest BCUT2D eigenvalue weighted by Gasteiger charge is -2.12. The fourth-order valence-electron chi connectivity index (χ4n) is 2.26. The van der Waals surface area contributed by atoms with E-state index in [1.165, 1.54) is 38.4 Å². The van der Waals surface area contributed by atoms with Crippen LogP contribution in [0, 0.1) is 5.82 Å². The number of amides is 1. The van der Waals surface area contributed by atoms with Crippen LogP contribution in [0.2, 0.25) is 0 Å². The predicted octanol–water partition coefficient (Wildman–Crippen LogP) is 1.27. The van der Waals surface area contributed by atoms with Gasteiger partial charge in [-0.05, 0) is 30.7 Å². The Bertz CT molecular complexity index is 1010. The Hall–Kier alpha value is -2.88. The van der Waals surface area contributed by atoms with Gasteiger partial charge in [0.2, 0.25) is 11.8 Å². The number of thioether (sulfide) groups is 1. The lowest BCUT2D eigenvalue weighted by atomic mass is 10.3. The highest BCUT2D eigenvalue weighted by molar-refractivity contribution is 8.15. The first-order valence-electron chi connectivity index (χ1n) is 8.49. The van der Waals surface area contributed by atoms with Gasteiger partial charge < -0.3 is 10.4 Å². The molecule has 1 heterocycles.